The average molecular weight is 332 g/mol. The highest BCUT2D eigenvalue weighted by molar-refractivity contribution is 7.80. The zero-order valence-electron chi connectivity index (χ0n) is 12.5. The van der Waals surface area contributed by atoms with Crippen molar-refractivity contribution in [2.45, 2.75) is 13.5 Å². The fraction of sp³-hybridized carbons (Fsp3) is 0.200. The molecule has 0 saturated heterocycles. The molecule has 1 aromatic heterocycles. The lowest BCUT2D eigenvalue weighted by atomic mass is 10.2. The molecule has 3 N–H and O–H groups in total. The first kappa shape index (κ1) is 16.6. The summed E-state index contributed by atoms with van der Waals surface area (Å²) in [6.45, 7) is 2.27. The smallest absolute Gasteiger partial charge is 0.411 e. The lowest BCUT2D eigenvalue weighted by Gasteiger charge is -2.18. The molecule has 120 valence electrons. The summed E-state index contributed by atoms with van der Waals surface area (Å²) in [5.74, 6) is 0. The zero-order valence-corrected chi connectivity index (χ0v) is 13.3. The van der Waals surface area contributed by atoms with Gasteiger partial charge in [0.15, 0.2) is 0 Å². The Labute approximate surface area is 138 Å². The normalized spacial score (nSPS) is 10.3. The van der Waals surface area contributed by atoms with Crippen molar-refractivity contribution in [2.24, 2.45) is 5.73 Å². The number of rotatable bonds is 5. The highest BCUT2D eigenvalue weighted by Crippen LogP contribution is 2.16. The van der Waals surface area contributed by atoms with Crippen LogP contribution in [0.15, 0.2) is 41.2 Å². The third-order valence-electron chi connectivity index (χ3n) is 3.22. The Bertz CT molecular complexity index is 803. The summed E-state index contributed by atoms with van der Waals surface area (Å²) in [5.41, 5.74) is 6.88. The van der Waals surface area contributed by atoms with E-state index in [4.69, 9.17) is 18.0 Å². The second kappa shape index (κ2) is 7.01. The van der Waals surface area contributed by atoms with E-state index in [2.05, 4.69) is 5.10 Å². The fourth-order valence-corrected chi connectivity index (χ4v) is 2.23. The highest BCUT2D eigenvalue weighted by Gasteiger charge is 2.12. The van der Waals surface area contributed by atoms with Gasteiger partial charge < -0.3 is 10.8 Å². The minimum Gasteiger partial charge on any atom is -0.465 e. The van der Waals surface area contributed by atoms with Crippen molar-refractivity contribution in [2.75, 3.05) is 11.4 Å². The van der Waals surface area contributed by atoms with Crippen LogP contribution in [-0.2, 0) is 6.54 Å². The van der Waals surface area contributed by atoms with Gasteiger partial charge in [-0.2, -0.15) is 5.10 Å². The molecular weight excluding hydrogens is 316 g/mol. The van der Waals surface area contributed by atoms with Gasteiger partial charge in [-0.05, 0) is 30.7 Å². The molecule has 1 amide bonds. The molecular formula is C15H16N4O3S. The molecule has 0 atom stereocenters. The molecule has 7 nitrogen and oxygen atoms in total. The predicted molar refractivity (Wildman–Crippen MR) is 91.0 cm³/mol. The number of carboxylic acid groups (broad SMARTS) is 1. The fourth-order valence-electron chi connectivity index (χ4n) is 2.12. The van der Waals surface area contributed by atoms with Gasteiger partial charge in [0.2, 0.25) is 0 Å². The summed E-state index contributed by atoms with van der Waals surface area (Å²) >= 11 is 4.86. The number of nitrogens with two attached hydrogens (primary N) is 1. The lowest BCUT2D eigenvalue weighted by molar-refractivity contribution is 0.202. The zero-order chi connectivity index (χ0) is 17.0. The monoisotopic (exact) mass is 332 g/mol. The van der Waals surface area contributed by atoms with Crippen molar-refractivity contribution in [3.63, 3.8) is 0 Å². The number of benzene rings is 1. The number of amides is 1. The first-order chi connectivity index (χ1) is 10.9. The minimum atomic E-state index is -1.03. The van der Waals surface area contributed by atoms with Crippen LogP contribution in [0.25, 0.3) is 0 Å². The molecule has 1 aromatic carbocycles. The lowest BCUT2D eigenvalue weighted by Crippen LogP contribution is -2.29. The molecule has 0 unspecified atom stereocenters. The molecule has 0 aliphatic carbocycles. The maximum atomic E-state index is 11.9. The number of nitrogens with zero attached hydrogens (tertiary/aromatic N) is 3. The summed E-state index contributed by atoms with van der Waals surface area (Å²) < 4.78 is 1.24. The van der Waals surface area contributed by atoms with Gasteiger partial charge in [0.05, 0.1) is 6.54 Å². The molecule has 0 aliphatic heterocycles. The van der Waals surface area contributed by atoms with E-state index in [0.29, 0.717) is 17.9 Å². The summed E-state index contributed by atoms with van der Waals surface area (Å²) in [6, 6.07) is 9.75. The Hall–Kier alpha value is -2.74. The second-order valence-corrected chi connectivity index (χ2v) is 5.22. The molecule has 0 aliphatic rings. The van der Waals surface area contributed by atoms with Crippen molar-refractivity contribution in [1.82, 2.24) is 9.78 Å². The van der Waals surface area contributed by atoms with Crippen LogP contribution < -0.4 is 16.2 Å². The Morgan fingerprint density at radius 2 is 2.13 bits per heavy atom. The van der Waals surface area contributed by atoms with Crippen LogP contribution in [0.1, 0.15) is 18.2 Å². The molecule has 8 heteroatoms. The van der Waals surface area contributed by atoms with Crippen LogP contribution in [0.4, 0.5) is 10.5 Å². The first-order valence-electron chi connectivity index (χ1n) is 6.89. The van der Waals surface area contributed by atoms with Crippen molar-refractivity contribution < 1.29 is 9.90 Å². The van der Waals surface area contributed by atoms with E-state index >= 15 is 0 Å². The van der Waals surface area contributed by atoms with Gasteiger partial charge in [-0.3, -0.25) is 9.69 Å². The van der Waals surface area contributed by atoms with Crippen molar-refractivity contribution in [3.8, 4) is 0 Å². The summed E-state index contributed by atoms with van der Waals surface area (Å²) in [4.78, 5) is 24.4. The number of carbonyl (C=O) groups is 1. The molecule has 0 radical (unpaired) electrons. The van der Waals surface area contributed by atoms with E-state index in [1.807, 2.05) is 0 Å². The SMILES string of the molecule is CCN(C(=O)O)c1cccc(Cn2nc(C(N)=S)ccc2=O)c1. The van der Waals surface area contributed by atoms with Crippen molar-refractivity contribution in [3.05, 3.63) is 58.0 Å². The third kappa shape index (κ3) is 3.92. The topological polar surface area (TPSA) is 101 Å². The molecule has 0 bridgehead atoms. The van der Waals surface area contributed by atoms with E-state index in [1.54, 1.807) is 31.2 Å². The molecule has 0 fully saturated rings. The van der Waals surface area contributed by atoms with Crippen LogP contribution in [0.2, 0.25) is 0 Å². The Morgan fingerprint density at radius 3 is 2.74 bits per heavy atom. The number of hydrogen-bond acceptors (Lipinski definition) is 4. The van der Waals surface area contributed by atoms with Gasteiger partial charge in [0.1, 0.15) is 10.7 Å². The van der Waals surface area contributed by atoms with Gasteiger partial charge in [-0.1, -0.05) is 24.4 Å². The maximum Gasteiger partial charge on any atom is 0.411 e. The largest absolute Gasteiger partial charge is 0.465 e. The second-order valence-electron chi connectivity index (χ2n) is 4.78. The van der Waals surface area contributed by atoms with E-state index in [1.165, 1.54) is 21.7 Å². The van der Waals surface area contributed by atoms with E-state index in [0.717, 1.165) is 5.56 Å². The third-order valence-corrected chi connectivity index (χ3v) is 3.43. The Morgan fingerprint density at radius 1 is 1.39 bits per heavy atom. The molecule has 2 aromatic rings. The first-order valence-corrected chi connectivity index (χ1v) is 7.30. The van der Waals surface area contributed by atoms with Gasteiger partial charge in [0, 0.05) is 18.3 Å². The number of anilines is 1. The average Bonchev–Trinajstić information content (AvgIpc) is 2.50. The van der Waals surface area contributed by atoms with Gasteiger partial charge in [-0.25, -0.2) is 9.48 Å². The van der Waals surface area contributed by atoms with E-state index in [9.17, 15) is 14.7 Å². The van der Waals surface area contributed by atoms with Crippen LogP contribution >= 0.6 is 12.2 Å². The van der Waals surface area contributed by atoms with Crippen molar-refractivity contribution in [1.29, 1.82) is 0 Å². The molecule has 0 spiro atoms. The number of thiocarbonyl (C=S) groups is 1. The molecule has 23 heavy (non-hydrogen) atoms. The maximum absolute atomic E-state index is 11.9. The van der Waals surface area contributed by atoms with Gasteiger partial charge in [-0.15, -0.1) is 0 Å². The van der Waals surface area contributed by atoms with E-state index < -0.39 is 6.09 Å². The van der Waals surface area contributed by atoms with Crippen LogP contribution in [0.5, 0.6) is 0 Å². The van der Waals surface area contributed by atoms with Crippen LogP contribution in [0.3, 0.4) is 0 Å². The van der Waals surface area contributed by atoms with E-state index in [-0.39, 0.29) is 17.1 Å². The van der Waals surface area contributed by atoms with Gasteiger partial charge >= 0.3 is 6.09 Å². The summed E-state index contributed by atoms with van der Waals surface area (Å²) in [6.07, 6.45) is -1.03. The standard InChI is InChI=1S/C15H16N4O3S/c1-2-18(15(21)22)11-5-3-4-10(8-11)9-19-13(20)7-6-12(17-19)14(16)23/h3-8H,2,9H2,1H3,(H2,16,23)(H,21,22). The highest BCUT2D eigenvalue weighted by atomic mass is 32.1. The van der Waals surface area contributed by atoms with Crippen molar-refractivity contribution >= 4 is 29.0 Å². The number of hydrogen-bond donors (Lipinski definition) is 2. The quantitative estimate of drug-likeness (QED) is 0.803. The number of aromatic nitrogens is 2. The van der Waals surface area contributed by atoms with Gasteiger partial charge in [0.25, 0.3) is 5.56 Å². The summed E-state index contributed by atoms with van der Waals surface area (Å²) in [5, 5.41) is 13.3. The predicted octanol–water partition coefficient (Wildman–Crippen LogP) is 1.43. The van der Waals surface area contributed by atoms with Crippen LogP contribution in [-0.4, -0.2) is 32.5 Å². The molecule has 0 saturated carbocycles. The summed E-state index contributed by atoms with van der Waals surface area (Å²) in [7, 11) is 0. The minimum absolute atomic E-state index is 0.107. The Kier molecular flexibility index (Phi) is 5.07. The Balaban J connectivity index is 2.34. The molecule has 2 rings (SSSR count). The van der Waals surface area contributed by atoms with Crippen LogP contribution in [0, 0.1) is 0 Å². The molecule has 1 heterocycles.